The van der Waals surface area contributed by atoms with Gasteiger partial charge in [0.2, 0.25) is 0 Å². The number of aromatic nitrogens is 2. The molecule has 1 aromatic rings. The maximum absolute atomic E-state index is 11.5. The second-order valence-corrected chi connectivity index (χ2v) is 5.28. The lowest BCUT2D eigenvalue weighted by molar-refractivity contribution is 0.0209. The summed E-state index contributed by atoms with van der Waals surface area (Å²) in [5.74, 6) is 0.598. The SMILES string of the molecule is O=c1[nH]cnc(N2CCC(N3CCOCC3)C2)c1Cl. The van der Waals surface area contributed by atoms with Crippen molar-refractivity contribution in [2.24, 2.45) is 0 Å². The molecule has 3 heterocycles. The Morgan fingerprint density at radius 3 is 2.95 bits per heavy atom. The fraction of sp³-hybridized carbons (Fsp3) is 0.667. The molecule has 0 amide bonds. The summed E-state index contributed by atoms with van der Waals surface area (Å²) >= 11 is 6.03. The number of nitrogens with zero attached hydrogens (tertiary/aromatic N) is 3. The molecule has 2 saturated heterocycles. The molecule has 104 valence electrons. The van der Waals surface area contributed by atoms with Crippen LogP contribution in [0.25, 0.3) is 0 Å². The first kappa shape index (κ1) is 12.9. The van der Waals surface area contributed by atoms with Gasteiger partial charge in [0, 0.05) is 32.2 Å². The average Bonchev–Trinajstić information content (AvgIpc) is 2.92. The highest BCUT2D eigenvalue weighted by Gasteiger charge is 2.30. The molecule has 2 aliphatic rings. The Labute approximate surface area is 116 Å². The van der Waals surface area contributed by atoms with Crippen molar-refractivity contribution >= 4 is 17.4 Å². The van der Waals surface area contributed by atoms with Crippen LogP contribution >= 0.6 is 11.6 Å². The largest absolute Gasteiger partial charge is 0.379 e. The van der Waals surface area contributed by atoms with E-state index in [0.29, 0.717) is 11.9 Å². The molecule has 0 saturated carbocycles. The second kappa shape index (κ2) is 5.48. The summed E-state index contributed by atoms with van der Waals surface area (Å²) in [6.45, 7) is 5.33. The molecule has 2 fully saturated rings. The molecule has 0 spiro atoms. The van der Waals surface area contributed by atoms with Crippen molar-refractivity contribution in [1.29, 1.82) is 0 Å². The average molecular weight is 285 g/mol. The first-order chi connectivity index (χ1) is 9.25. The standard InChI is InChI=1S/C12H17ClN4O2/c13-10-11(14-8-15-12(10)18)17-2-1-9(7-17)16-3-5-19-6-4-16/h8-9H,1-7H2,(H,14,15,18). The number of rotatable bonds is 2. The minimum Gasteiger partial charge on any atom is -0.379 e. The van der Waals surface area contributed by atoms with Crippen LogP contribution in [-0.2, 0) is 4.74 Å². The quantitative estimate of drug-likeness (QED) is 0.848. The van der Waals surface area contributed by atoms with Crippen LogP contribution in [0.2, 0.25) is 5.02 Å². The predicted octanol–water partition coefficient (Wildman–Crippen LogP) is 0.334. The van der Waals surface area contributed by atoms with Gasteiger partial charge in [0.1, 0.15) is 5.02 Å². The van der Waals surface area contributed by atoms with Crippen LogP contribution in [-0.4, -0.2) is 60.3 Å². The van der Waals surface area contributed by atoms with Crippen molar-refractivity contribution in [2.45, 2.75) is 12.5 Å². The molecule has 3 rings (SSSR count). The van der Waals surface area contributed by atoms with E-state index in [1.54, 1.807) is 0 Å². The number of H-pyrrole nitrogens is 1. The number of hydrogen-bond donors (Lipinski definition) is 1. The van der Waals surface area contributed by atoms with E-state index in [1.807, 2.05) is 0 Å². The van der Waals surface area contributed by atoms with Gasteiger partial charge in [0.25, 0.3) is 5.56 Å². The zero-order valence-electron chi connectivity index (χ0n) is 10.6. The normalized spacial score (nSPS) is 24.9. The molecule has 1 atom stereocenters. The van der Waals surface area contributed by atoms with E-state index >= 15 is 0 Å². The molecule has 7 heteroatoms. The minimum absolute atomic E-state index is 0.185. The van der Waals surface area contributed by atoms with Crippen molar-refractivity contribution in [2.75, 3.05) is 44.3 Å². The third kappa shape index (κ3) is 2.61. The molecule has 0 aliphatic carbocycles. The summed E-state index contributed by atoms with van der Waals surface area (Å²) in [6, 6.07) is 0.501. The van der Waals surface area contributed by atoms with E-state index in [2.05, 4.69) is 19.8 Å². The topological polar surface area (TPSA) is 61.5 Å². The van der Waals surface area contributed by atoms with Crippen LogP contribution in [0.15, 0.2) is 11.1 Å². The Bertz CT molecular complexity index is 501. The van der Waals surface area contributed by atoms with Gasteiger partial charge < -0.3 is 14.6 Å². The lowest BCUT2D eigenvalue weighted by Crippen LogP contribution is -2.44. The summed E-state index contributed by atoms with van der Waals surface area (Å²) in [5.41, 5.74) is -0.276. The van der Waals surface area contributed by atoms with Gasteiger partial charge in [0.05, 0.1) is 19.5 Å². The van der Waals surface area contributed by atoms with Crippen molar-refractivity contribution in [1.82, 2.24) is 14.9 Å². The molecule has 19 heavy (non-hydrogen) atoms. The number of hydrogen-bond acceptors (Lipinski definition) is 5. The Hall–Kier alpha value is -1.11. The van der Waals surface area contributed by atoms with Gasteiger partial charge in [-0.2, -0.15) is 0 Å². The van der Waals surface area contributed by atoms with Crippen molar-refractivity contribution < 1.29 is 4.74 Å². The monoisotopic (exact) mass is 284 g/mol. The molecule has 0 radical (unpaired) electrons. The van der Waals surface area contributed by atoms with E-state index in [-0.39, 0.29) is 10.6 Å². The van der Waals surface area contributed by atoms with Crippen LogP contribution in [0.1, 0.15) is 6.42 Å². The summed E-state index contributed by atoms with van der Waals surface area (Å²) in [4.78, 5) is 22.7. The Kier molecular flexibility index (Phi) is 3.72. The van der Waals surface area contributed by atoms with Crippen LogP contribution in [0, 0.1) is 0 Å². The third-order valence-corrected chi connectivity index (χ3v) is 4.14. The van der Waals surface area contributed by atoms with E-state index in [0.717, 1.165) is 45.8 Å². The maximum Gasteiger partial charge on any atom is 0.271 e. The van der Waals surface area contributed by atoms with Crippen LogP contribution in [0.5, 0.6) is 0 Å². The fourth-order valence-corrected chi connectivity index (χ4v) is 2.99. The van der Waals surface area contributed by atoms with Gasteiger partial charge in [-0.05, 0) is 6.42 Å². The van der Waals surface area contributed by atoms with E-state index in [1.165, 1.54) is 6.33 Å². The van der Waals surface area contributed by atoms with E-state index in [9.17, 15) is 4.79 Å². The molecular formula is C12H17ClN4O2. The molecule has 0 aromatic carbocycles. The summed E-state index contributed by atoms with van der Waals surface area (Å²) in [7, 11) is 0. The van der Waals surface area contributed by atoms with Crippen molar-refractivity contribution in [3.05, 3.63) is 21.7 Å². The highest BCUT2D eigenvalue weighted by molar-refractivity contribution is 6.32. The van der Waals surface area contributed by atoms with E-state index < -0.39 is 0 Å². The van der Waals surface area contributed by atoms with Crippen LogP contribution < -0.4 is 10.5 Å². The lowest BCUT2D eigenvalue weighted by atomic mass is 10.2. The number of ether oxygens (including phenoxy) is 1. The smallest absolute Gasteiger partial charge is 0.271 e. The summed E-state index contributed by atoms with van der Waals surface area (Å²) in [6.07, 6.45) is 2.48. The second-order valence-electron chi connectivity index (χ2n) is 4.91. The fourth-order valence-electron chi connectivity index (χ4n) is 2.77. The van der Waals surface area contributed by atoms with Gasteiger partial charge in [-0.3, -0.25) is 9.69 Å². The van der Waals surface area contributed by atoms with Gasteiger partial charge in [-0.1, -0.05) is 11.6 Å². The zero-order valence-corrected chi connectivity index (χ0v) is 11.4. The number of morpholine rings is 1. The number of anilines is 1. The Morgan fingerprint density at radius 2 is 2.16 bits per heavy atom. The first-order valence-electron chi connectivity index (χ1n) is 6.55. The van der Waals surface area contributed by atoms with Crippen molar-refractivity contribution in [3.63, 3.8) is 0 Å². The van der Waals surface area contributed by atoms with Gasteiger partial charge in [0.15, 0.2) is 5.82 Å². The molecule has 6 nitrogen and oxygen atoms in total. The highest BCUT2D eigenvalue weighted by Crippen LogP contribution is 2.25. The zero-order chi connectivity index (χ0) is 13.2. The molecule has 0 bridgehead atoms. The first-order valence-corrected chi connectivity index (χ1v) is 6.93. The summed E-state index contributed by atoms with van der Waals surface area (Å²) in [5, 5.41) is 0.185. The van der Waals surface area contributed by atoms with Crippen molar-refractivity contribution in [3.8, 4) is 0 Å². The Morgan fingerprint density at radius 1 is 1.37 bits per heavy atom. The number of nitrogens with one attached hydrogen (secondary N) is 1. The predicted molar refractivity (Wildman–Crippen MR) is 72.9 cm³/mol. The summed E-state index contributed by atoms with van der Waals surface area (Å²) < 4.78 is 5.37. The van der Waals surface area contributed by atoms with E-state index in [4.69, 9.17) is 16.3 Å². The lowest BCUT2D eigenvalue weighted by Gasteiger charge is -2.32. The number of aromatic amines is 1. The minimum atomic E-state index is -0.276. The molecule has 1 N–H and O–H groups in total. The Balaban J connectivity index is 1.71. The van der Waals surface area contributed by atoms with Crippen LogP contribution in [0.3, 0.4) is 0 Å². The van der Waals surface area contributed by atoms with Gasteiger partial charge in [-0.15, -0.1) is 0 Å². The maximum atomic E-state index is 11.5. The highest BCUT2D eigenvalue weighted by atomic mass is 35.5. The number of halogens is 1. The van der Waals surface area contributed by atoms with Gasteiger partial charge >= 0.3 is 0 Å². The molecule has 2 aliphatic heterocycles. The third-order valence-electron chi connectivity index (χ3n) is 3.80. The molecule has 1 aromatic heterocycles. The van der Waals surface area contributed by atoms with Crippen LogP contribution in [0.4, 0.5) is 5.82 Å². The molecule has 1 unspecified atom stereocenters. The molecular weight excluding hydrogens is 268 g/mol. The van der Waals surface area contributed by atoms with Gasteiger partial charge in [-0.25, -0.2) is 4.98 Å².